The summed E-state index contributed by atoms with van der Waals surface area (Å²) in [6.45, 7) is 0. The number of non-ortho nitro benzene ring substituents is 1. The highest BCUT2D eigenvalue weighted by Crippen LogP contribution is 2.38. The van der Waals surface area contributed by atoms with Crippen molar-refractivity contribution in [3.05, 3.63) is 85.8 Å². The van der Waals surface area contributed by atoms with Gasteiger partial charge in [0.05, 0.1) is 29.4 Å². The fourth-order valence-electron chi connectivity index (χ4n) is 3.86. The van der Waals surface area contributed by atoms with Crippen LogP contribution in [0.4, 0.5) is 10.7 Å². The summed E-state index contributed by atoms with van der Waals surface area (Å²) in [4.78, 5) is 60.4. The Kier molecular flexibility index (Phi) is 8.41. The molecule has 2 aromatic carbocycles. The van der Waals surface area contributed by atoms with Gasteiger partial charge in [-0.15, -0.1) is 11.3 Å². The number of anilines is 1. The molecular weight excluding hydrogens is 528 g/mol. The monoisotopic (exact) mass is 550 g/mol. The first kappa shape index (κ1) is 27.1. The van der Waals surface area contributed by atoms with Crippen LogP contribution in [-0.2, 0) is 27.2 Å². The molecule has 0 unspecified atom stereocenters. The van der Waals surface area contributed by atoms with Gasteiger partial charge in [-0.25, -0.2) is 15.0 Å². The van der Waals surface area contributed by atoms with Gasteiger partial charge in [0, 0.05) is 17.0 Å². The molecule has 0 saturated carbocycles. The highest BCUT2D eigenvalue weighted by atomic mass is 32.1. The van der Waals surface area contributed by atoms with Crippen molar-refractivity contribution < 1.29 is 33.6 Å². The predicted molar refractivity (Wildman–Crippen MR) is 141 cm³/mol. The first-order valence-corrected chi connectivity index (χ1v) is 12.5. The molecule has 1 aliphatic carbocycles. The van der Waals surface area contributed by atoms with Crippen molar-refractivity contribution in [2.24, 2.45) is 5.10 Å². The molecule has 1 aliphatic rings. The summed E-state index contributed by atoms with van der Waals surface area (Å²) in [5, 5.41) is 17.3. The Morgan fingerprint density at radius 1 is 0.974 bits per heavy atom. The van der Waals surface area contributed by atoms with Crippen LogP contribution in [0.15, 0.2) is 53.6 Å². The Morgan fingerprint density at radius 3 is 2.33 bits per heavy atom. The molecule has 0 spiro atoms. The minimum Gasteiger partial charge on any atom is -0.465 e. The maximum atomic E-state index is 12.4. The number of ether oxygens (including phenoxy) is 2. The number of fused-ring (bicyclic) bond motifs is 1. The van der Waals surface area contributed by atoms with Crippen molar-refractivity contribution in [1.82, 2.24) is 5.43 Å². The molecule has 39 heavy (non-hydrogen) atoms. The molecule has 0 radical (unpaired) electrons. The van der Waals surface area contributed by atoms with Gasteiger partial charge in [-0.2, -0.15) is 5.10 Å². The number of amides is 2. The average molecular weight is 551 g/mol. The van der Waals surface area contributed by atoms with E-state index in [9.17, 15) is 29.3 Å². The van der Waals surface area contributed by atoms with Crippen molar-refractivity contribution >= 4 is 52.0 Å². The summed E-state index contributed by atoms with van der Waals surface area (Å²) < 4.78 is 10.1. The number of hydrogen-bond acceptors (Lipinski definition) is 10. The maximum absolute atomic E-state index is 12.4. The molecule has 0 aliphatic heterocycles. The molecule has 12 nitrogen and oxygen atoms in total. The number of carbonyl (C=O) groups excluding carboxylic acids is 4. The molecule has 3 aromatic rings. The lowest BCUT2D eigenvalue weighted by molar-refractivity contribution is -0.384. The summed E-state index contributed by atoms with van der Waals surface area (Å²) in [5.41, 5.74) is 3.81. The van der Waals surface area contributed by atoms with Gasteiger partial charge in [0.2, 0.25) is 0 Å². The Morgan fingerprint density at radius 2 is 1.67 bits per heavy atom. The predicted octanol–water partition coefficient (Wildman–Crippen LogP) is 3.63. The number of methoxy groups -OCH3 is 1. The van der Waals surface area contributed by atoms with E-state index in [0.717, 1.165) is 29.7 Å². The number of nitrogens with zero attached hydrogens (tertiary/aromatic N) is 2. The second kappa shape index (κ2) is 12.1. The minimum atomic E-state index is -1.03. The standard InChI is InChI=1S/C26H22N4O8S/c1-37-26(34)21-19-4-2-3-5-20(19)39-24(21)28-22(31)23(32)29-27-14-15-6-12-18(13-7-15)38-25(33)16-8-10-17(11-9-16)30(35)36/h6-14H,2-5H2,1H3,(H,28,31)(H,29,32). The largest absolute Gasteiger partial charge is 0.465 e. The summed E-state index contributed by atoms with van der Waals surface area (Å²) in [6.07, 6.45) is 4.71. The normalized spacial score (nSPS) is 12.3. The third-order valence-electron chi connectivity index (χ3n) is 5.78. The first-order chi connectivity index (χ1) is 18.8. The molecule has 1 aromatic heterocycles. The van der Waals surface area contributed by atoms with Crippen molar-refractivity contribution in [3.8, 4) is 5.75 Å². The SMILES string of the molecule is COC(=O)c1c(NC(=O)C(=O)NN=Cc2ccc(OC(=O)c3ccc([N+](=O)[O-])cc3)cc2)sc2c1CCCC2. The third-order valence-corrected chi connectivity index (χ3v) is 6.99. The van der Waals surface area contributed by atoms with Gasteiger partial charge < -0.3 is 14.8 Å². The Labute approximate surface area is 225 Å². The van der Waals surface area contributed by atoms with E-state index < -0.39 is 28.7 Å². The number of carbonyl (C=O) groups is 4. The van der Waals surface area contributed by atoms with Gasteiger partial charge >= 0.3 is 23.8 Å². The van der Waals surface area contributed by atoms with E-state index in [1.165, 1.54) is 61.1 Å². The number of benzene rings is 2. The zero-order valence-corrected chi connectivity index (χ0v) is 21.4. The lowest BCUT2D eigenvalue weighted by atomic mass is 9.95. The van der Waals surface area contributed by atoms with E-state index in [-0.39, 0.29) is 27.6 Å². The molecule has 4 rings (SSSR count). The zero-order chi connectivity index (χ0) is 27.9. The van der Waals surface area contributed by atoms with Gasteiger partial charge in [0.25, 0.3) is 5.69 Å². The molecule has 200 valence electrons. The van der Waals surface area contributed by atoms with E-state index in [2.05, 4.69) is 15.8 Å². The van der Waals surface area contributed by atoms with Crippen LogP contribution >= 0.6 is 11.3 Å². The summed E-state index contributed by atoms with van der Waals surface area (Å²) in [7, 11) is 1.26. The lowest BCUT2D eigenvalue weighted by Gasteiger charge is -2.11. The van der Waals surface area contributed by atoms with Crippen molar-refractivity contribution in [3.63, 3.8) is 0 Å². The van der Waals surface area contributed by atoms with Crippen molar-refractivity contribution in [2.45, 2.75) is 25.7 Å². The number of aryl methyl sites for hydroxylation is 1. The topological polar surface area (TPSA) is 166 Å². The highest BCUT2D eigenvalue weighted by molar-refractivity contribution is 7.17. The molecule has 2 amide bonds. The first-order valence-electron chi connectivity index (χ1n) is 11.7. The molecule has 1 heterocycles. The average Bonchev–Trinajstić information content (AvgIpc) is 3.31. The number of nitro benzene ring substituents is 1. The summed E-state index contributed by atoms with van der Waals surface area (Å²) in [5.74, 6) is -3.04. The van der Waals surface area contributed by atoms with Crippen LogP contribution in [0.3, 0.4) is 0 Å². The van der Waals surface area contributed by atoms with Crippen molar-refractivity contribution in [2.75, 3.05) is 12.4 Å². The number of hydrazone groups is 1. The van der Waals surface area contributed by atoms with Crippen LogP contribution in [0.2, 0.25) is 0 Å². The van der Waals surface area contributed by atoms with Crippen LogP contribution in [-0.4, -0.2) is 42.0 Å². The van der Waals surface area contributed by atoms with Crippen LogP contribution < -0.4 is 15.5 Å². The molecule has 0 bridgehead atoms. The molecule has 0 atom stereocenters. The second-order valence-electron chi connectivity index (χ2n) is 8.32. The fourth-order valence-corrected chi connectivity index (χ4v) is 5.13. The number of nitrogens with one attached hydrogen (secondary N) is 2. The van der Waals surface area contributed by atoms with E-state index in [4.69, 9.17) is 9.47 Å². The van der Waals surface area contributed by atoms with Crippen LogP contribution in [0, 0.1) is 10.1 Å². The third kappa shape index (κ3) is 6.51. The van der Waals surface area contributed by atoms with Crippen LogP contribution in [0.25, 0.3) is 0 Å². The van der Waals surface area contributed by atoms with Gasteiger partial charge in [-0.05, 0) is 73.2 Å². The number of nitro groups is 1. The summed E-state index contributed by atoms with van der Waals surface area (Å²) in [6, 6.07) is 11.1. The van der Waals surface area contributed by atoms with Gasteiger partial charge in [-0.1, -0.05) is 0 Å². The fraction of sp³-hybridized carbons (Fsp3) is 0.192. The Balaban J connectivity index is 1.32. The molecular formula is C26H22N4O8S. The Hall–Kier alpha value is -4.91. The zero-order valence-electron chi connectivity index (χ0n) is 20.6. The van der Waals surface area contributed by atoms with E-state index in [0.29, 0.717) is 12.0 Å². The highest BCUT2D eigenvalue weighted by Gasteiger charge is 2.28. The number of hydrogen-bond donors (Lipinski definition) is 2. The van der Waals surface area contributed by atoms with E-state index in [1.807, 2.05) is 0 Å². The Bertz CT molecular complexity index is 1460. The number of thiophene rings is 1. The maximum Gasteiger partial charge on any atom is 0.343 e. The van der Waals surface area contributed by atoms with Gasteiger partial charge in [-0.3, -0.25) is 19.7 Å². The number of esters is 2. The van der Waals surface area contributed by atoms with Crippen LogP contribution in [0.1, 0.15) is 49.6 Å². The van der Waals surface area contributed by atoms with Gasteiger partial charge in [0.1, 0.15) is 10.8 Å². The van der Waals surface area contributed by atoms with Gasteiger partial charge in [0.15, 0.2) is 0 Å². The second-order valence-corrected chi connectivity index (χ2v) is 9.43. The molecule has 2 N–H and O–H groups in total. The number of rotatable bonds is 7. The molecule has 13 heteroatoms. The summed E-state index contributed by atoms with van der Waals surface area (Å²) >= 11 is 1.26. The van der Waals surface area contributed by atoms with E-state index in [1.54, 1.807) is 12.1 Å². The quantitative estimate of drug-likeness (QED) is 0.112. The smallest absolute Gasteiger partial charge is 0.343 e. The molecule has 0 fully saturated rings. The lowest BCUT2D eigenvalue weighted by Crippen LogP contribution is -2.32. The van der Waals surface area contributed by atoms with Crippen LogP contribution in [0.5, 0.6) is 5.75 Å². The minimum absolute atomic E-state index is 0.143. The van der Waals surface area contributed by atoms with Crippen molar-refractivity contribution in [1.29, 1.82) is 0 Å². The van der Waals surface area contributed by atoms with E-state index >= 15 is 0 Å². The molecule has 0 saturated heterocycles.